The summed E-state index contributed by atoms with van der Waals surface area (Å²) in [5.41, 5.74) is 4.69. The lowest BCUT2D eigenvalue weighted by Gasteiger charge is -2.28. The first kappa shape index (κ1) is 18.7. The Hall–Kier alpha value is -2.11. The van der Waals surface area contributed by atoms with Gasteiger partial charge in [0.05, 0.1) is 24.8 Å². The molecule has 0 unspecified atom stereocenters. The molecule has 1 aliphatic heterocycles. The van der Waals surface area contributed by atoms with E-state index in [9.17, 15) is 0 Å². The molecule has 3 rings (SSSR count). The molecule has 140 valence electrons. The SMILES string of the molecule is COCCCN1CCC/C(=C\c2ccc(-n3cnc(C)c3)c(OC)c2)C1. The Kier molecular flexibility index (Phi) is 6.47. The van der Waals surface area contributed by atoms with Crippen LogP contribution in [0.4, 0.5) is 0 Å². The van der Waals surface area contributed by atoms with E-state index in [2.05, 4.69) is 34.2 Å². The number of likely N-dealkylation sites (tertiary alicyclic amines) is 1. The first-order valence-corrected chi connectivity index (χ1v) is 9.29. The number of benzene rings is 1. The van der Waals surface area contributed by atoms with Crippen molar-refractivity contribution in [3.63, 3.8) is 0 Å². The molecule has 1 aromatic carbocycles. The maximum absolute atomic E-state index is 5.62. The first-order chi connectivity index (χ1) is 12.7. The van der Waals surface area contributed by atoms with E-state index in [4.69, 9.17) is 9.47 Å². The van der Waals surface area contributed by atoms with Gasteiger partial charge in [0.25, 0.3) is 0 Å². The van der Waals surface area contributed by atoms with Crippen LogP contribution in [-0.4, -0.2) is 54.9 Å². The monoisotopic (exact) mass is 355 g/mol. The molecule has 1 saturated heterocycles. The number of methoxy groups -OCH3 is 2. The molecule has 0 amide bonds. The fraction of sp³-hybridized carbons (Fsp3) is 0.476. The fourth-order valence-electron chi connectivity index (χ4n) is 3.50. The van der Waals surface area contributed by atoms with Crippen molar-refractivity contribution >= 4 is 6.08 Å². The highest BCUT2D eigenvalue weighted by molar-refractivity contribution is 5.60. The maximum atomic E-state index is 5.62. The van der Waals surface area contributed by atoms with Gasteiger partial charge in [-0.1, -0.05) is 17.7 Å². The highest BCUT2D eigenvalue weighted by Crippen LogP contribution is 2.27. The summed E-state index contributed by atoms with van der Waals surface area (Å²) in [5.74, 6) is 0.865. The van der Waals surface area contributed by atoms with Gasteiger partial charge in [-0.3, -0.25) is 4.90 Å². The van der Waals surface area contributed by atoms with E-state index in [0.29, 0.717) is 0 Å². The molecule has 0 saturated carbocycles. The van der Waals surface area contributed by atoms with Gasteiger partial charge >= 0.3 is 0 Å². The molecule has 5 heteroatoms. The molecule has 0 spiro atoms. The van der Waals surface area contributed by atoms with Crippen molar-refractivity contribution in [3.05, 3.63) is 47.6 Å². The zero-order valence-corrected chi connectivity index (χ0v) is 16.1. The Morgan fingerprint density at radius 3 is 2.88 bits per heavy atom. The second kappa shape index (κ2) is 9.01. The number of ether oxygens (including phenoxy) is 2. The largest absolute Gasteiger partial charge is 0.495 e. The highest BCUT2D eigenvalue weighted by Gasteiger charge is 2.14. The molecule has 0 radical (unpaired) electrons. The average molecular weight is 355 g/mol. The van der Waals surface area contributed by atoms with Crippen LogP contribution >= 0.6 is 0 Å². The summed E-state index contributed by atoms with van der Waals surface area (Å²) < 4.78 is 12.8. The van der Waals surface area contributed by atoms with Crippen LogP contribution < -0.4 is 4.74 Å². The van der Waals surface area contributed by atoms with Crippen LogP contribution in [0, 0.1) is 6.92 Å². The van der Waals surface area contributed by atoms with E-state index in [0.717, 1.165) is 43.2 Å². The number of aryl methyl sites for hydroxylation is 1. The Balaban J connectivity index is 1.73. The van der Waals surface area contributed by atoms with Crippen molar-refractivity contribution in [1.82, 2.24) is 14.5 Å². The standard InChI is InChI=1S/C21H29N3O2/c1-17-14-24(16-22-17)20-8-7-18(13-21(20)26-3)12-19-6-4-9-23(15-19)10-5-11-25-2/h7-8,12-14,16H,4-6,9-11,15H2,1-3H3/b19-12+. The Bertz CT molecular complexity index is 751. The van der Waals surface area contributed by atoms with Gasteiger partial charge < -0.3 is 14.0 Å². The van der Waals surface area contributed by atoms with Crippen LogP contribution in [0.3, 0.4) is 0 Å². The minimum Gasteiger partial charge on any atom is -0.495 e. The summed E-state index contributed by atoms with van der Waals surface area (Å²) >= 11 is 0. The molecular weight excluding hydrogens is 326 g/mol. The van der Waals surface area contributed by atoms with Crippen LogP contribution in [0.25, 0.3) is 11.8 Å². The first-order valence-electron chi connectivity index (χ1n) is 9.29. The summed E-state index contributed by atoms with van der Waals surface area (Å²) in [7, 11) is 3.49. The third-order valence-electron chi connectivity index (χ3n) is 4.79. The molecule has 1 fully saturated rings. The topological polar surface area (TPSA) is 39.5 Å². The van der Waals surface area contributed by atoms with Crippen molar-refractivity contribution in [2.75, 3.05) is 40.5 Å². The number of imidazole rings is 1. The van der Waals surface area contributed by atoms with E-state index in [1.165, 1.54) is 30.5 Å². The highest BCUT2D eigenvalue weighted by atomic mass is 16.5. The Morgan fingerprint density at radius 1 is 1.27 bits per heavy atom. The molecular formula is C21H29N3O2. The molecule has 2 heterocycles. The van der Waals surface area contributed by atoms with Crippen LogP contribution in [0.5, 0.6) is 5.75 Å². The predicted molar refractivity (Wildman–Crippen MR) is 105 cm³/mol. The van der Waals surface area contributed by atoms with Gasteiger partial charge in [0, 0.05) is 33.0 Å². The number of piperidine rings is 1. The maximum Gasteiger partial charge on any atom is 0.143 e. The molecule has 26 heavy (non-hydrogen) atoms. The summed E-state index contributed by atoms with van der Waals surface area (Å²) in [5, 5.41) is 0. The third kappa shape index (κ3) is 4.74. The van der Waals surface area contributed by atoms with Crippen molar-refractivity contribution < 1.29 is 9.47 Å². The lowest BCUT2D eigenvalue weighted by atomic mass is 10.0. The number of rotatable bonds is 7. The minimum absolute atomic E-state index is 0.835. The molecule has 0 atom stereocenters. The molecule has 1 aromatic heterocycles. The fourth-order valence-corrected chi connectivity index (χ4v) is 3.50. The van der Waals surface area contributed by atoms with E-state index in [1.54, 1.807) is 14.2 Å². The smallest absolute Gasteiger partial charge is 0.143 e. The van der Waals surface area contributed by atoms with E-state index >= 15 is 0 Å². The summed E-state index contributed by atoms with van der Waals surface area (Å²) in [6.07, 6.45) is 9.64. The van der Waals surface area contributed by atoms with Crippen LogP contribution in [-0.2, 0) is 4.74 Å². The molecule has 2 aromatic rings. The van der Waals surface area contributed by atoms with Gasteiger partial charge in [0.2, 0.25) is 0 Å². The van der Waals surface area contributed by atoms with Gasteiger partial charge in [0.1, 0.15) is 5.75 Å². The third-order valence-corrected chi connectivity index (χ3v) is 4.79. The number of hydrogen-bond acceptors (Lipinski definition) is 4. The number of nitrogens with zero attached hydrogens (tertiary/aromatic N) is 3. The van der Waals surface area contributed by atoms with Gasteiger partial charge in [0.15, 0.2) is 0 Å². The van der Waals surface area contributed by atoms with Gasteiger partial charge in [-0.05, 0) is 50.4 Å². The Labute approximate surface area is 156 Å². The lowest BCUT2D eigenvalue weighted by molar-refractivity contribution is 0.170. The number of aromatic nitrogens is 2. The average Bonchev–Trinajstić information content (AvgIpc) is 3.08. The van der Waals surface area contributed by atoms with Crippen LogP contribution in [0.1, 0.15) is 30.5 Å². The van der Waals surface area contributed by atoms with Crippen molar-refractivity contribution in [2.45, 2.75) is 26.2 Å². The van der Waals surface area contributed by atoms with Gasteiger partial charge in [-0.25, -0.2) is 4.98 Å². The molecule has 0 N–H and O–H groups in total. The van der Waals surface area contributed by atoms with E-state index in [-0.39, 0.29) is 0 Å². The Morgan fingerprint density at radius 2 is 2.15 bits per heavy atom. The van der Waals surface area contributed by atoms with Crippen LogP contribution in [0.2, 0.25) is 0 Å². The quantitative estimate of drug-likeness (QED) is 0.710. The molecule has 0 aliphatic carbocycles. The summed E-state index contributed by atoms with van der Waals surface area (Å²) in [6.45, 7) is 6.16. The van der Waals surface area contributed by atoms with E-state index < -0.39 is 0 Å². The minimum atomic E-state index is 0.835. The van der Waals surface area contributed by atoms with Crippen molar-refractivity contribution in [3.8, 4) is 11.4 Å². The molecule has 1 aliphatic rings. The van der Waals surface area contributed by atoms with Crippen molar-refractivity contribution in [2.24, 2.45) is 0 Å². The second-order valence-electron chi connectivity index (χ2n) is 6.88. The normalized spacial score (nSPS) is 17.0. The summed E-state index contributed by atoms with van der Waals surface area (Å²) in [6, 6.07) is 6.37. The van der Waals surface area contributed by atoms with Crippen molar-refractivity contribution in [1.29, 1.82) is 0 Å². The molecule has 5 nitrogen and oxygen atoms in total. The lowest BCUT2D eigenvalue weighted by Crippen LogP contribution is -2.32. The second-order valence-corrected chi connectivity index (χ2v) is 6.88. The summed E-state index contributed by atoms with van der Waals surface area (Å²) in [4.78, 5) is 6.83. The molecule has 0 bridgehead atoms. The zero-order chi connectivity index (χ0) is 18.4. The van der Waals surface area contributed by atoms with E-state index in [1.807, 2.05) is 24.0 Å². The number of hydrogen-bond donors (Lipinski definition) is 0. The zero-order valence-electron chi connectivity index (χ0n) is 16.1. The van der Waals surface area contributed by atoms with Gasteiger partial charge in [-0.2, -0.15) is 0 Å². The van der Waals surface area contributed by atoms with Gasteiger partial charge in [-0.15, -0.1) is 0 Å². The predicted octanol–water partition coefficient (Wildman–Crippen LogP) is 3.71. The van der Waals surface area contributed by atoms with Crippen LogP contribution in [0.15, 0.2) is 36.3 Å².